The Hall–Kier alpha value is -1.49. The predicted molar refractivity (Wildman–Crippen MR) is 88.6 cm³/mol. The number of nitriles is 1. The average Bonchev–Trinajstić information content (AvgIpc) is 2.52. The van der Waals surface area contributed by atoms with Crippen molar-refractivity contribution in [3.63, 3.8) is 0 Å². The Kier molecular flexibility index (Phi) is 9.37. The number of rotatable bonds is 11. The number of methoxy groups -OCH3 is 1. The zero-order valence-electron chi connectivity index (χ0n) is 13.7. The van der Waals surface area contributed by atoms with Gasteiger partial charge in [-0.1, -0.05) is 58.3 Å². The van der Waals surface area contributed by atoms with Crippen LogP contribution in [0.5, 0.6) is 5.75 Å². The Balaban J connectivity index is 2.17. The second-order valence-electron chi connectivity index (χ2n) is 5.76. The third-order valence-electron chi connectivity index (χ3n) is 3.90. The second-order valence-corrected chi connectivity index (χ2v) is 5.76. The van der Waals surface area contributed by atoms with Crippen LogP contribution in [0, 0.1) is 11.3 Å². The van der Waals surface area contributed by atoms with E-state index in [9.17, 15) is 0 Å². The highest BCUT2D eigenvalue weighted by Crippen LogP contribution is 2.19. The maximum atomic E-state index is 9.01. The molecule has 0 unspecified atom stereocenters. The van der Waals surface area contributed by atoms with Crippen molar-refractivity contribution < 1.29 is 4.74 Å². The summed E-state index contributed by atoms with van der Waals surface area (Å²) in [5, 5.41) is 9.01. The Morgan fingerprint density at radius 1 is 0.905 bits per heavy atom. The van der Waals surface area contributed by atoms with Gasteiger partial charge >= 0.3 is 0 Å². The third-order valence-corrected chi connectivity index (χ3v) is 3.90. The molecule has 1 aromatic carbocycles. The van der Waals surface area contributed by atoms with Crippen molar-refractivity contribution in [3.05, 3.63) is 29.3 Å². The number of unbranched alkanes of at least 4 members (excludes halogenated alkanes) is 8. The summed E-state index contributed by atoms with van der Waals surface area (Å²) in [4.78, 5) is 0. The van der Waals surface area contributed by atoms with E-state index in [2.05, 4.69) is 13.0 Å². The smallest absolute Gasteiger partial charge is 0.120 e. The summed E-state index contributed by atoms with van der Waals surface area (Å²) in [7, 11) is 1.65. The van der Waals surface area contributed by atoms with E-state index in [-0.39, 0.29) is 0 Å². The predicted octanol–water partition coefficient (Wildman–Crippen LogP) is 5.64. The van der Waals surface area contributed by atoms with E-state index in [4.69, 9.17) is 10.00 Å². The van der Waals surface area contributed by atoms with E-state index in [1.807, 2.05) is 12.1 Å². The molecule has 1 rings (SSSR count). The number of aryl methyl sites for hydroxylation is 1. The third kappa shape index (κ3) is 7.75. The maximum absolute atomic E-state index is 9.01. The molecule has 0 saturated carbocycles. The molecule has 0 aromatic heterocycles. The van der Waals surface area contributed by atoms with Crippen LogP contribution in [0.4, 0.5) is 0 Å². The molecule has 0 bridgehead atoms. The van der Waals surface area contributed by atoms with Gasteiger partial charge in [-0.05, 0) is 36.6 Å². The number of ether oxygens (including phenoxy) is 1. The van der Waals surface area contributed by atoms with Crippen molar-refractivity contribution in [1.29, 1.82) is 5.26 Å². The summed E-state index contributed by atoms with van der Waals surface area (Å²) in [6.45, 7) is 2.26. The topological polar surface area (TPSA) is 33.0 Å². The maximum Gasteiger partial charge on any atom is 0.120 e. The first kappa shape index (κ1) is 17.6. The zero-order valence-corrected chi connectivity index (χ0v) is 13.7. The molecule has 0 amide bonds. The van der Waals surface area contributed by atoms with Crippen LogP contribution in [0.15, 0.2) is 18.2 Å². The summed E-state index contributed by atoms with van der Waals surface area (Å²) >= 11 is 0. The van der Waals surface area contributed by atoms with E-state index in [1.165, 1.54) is 63.4 Å². The number of benzene rings is 1. The molecule has 0 radical (unpaired) electrons. The lowest BCUT2D eigenvalue weighted by atomic mass is 10.0. The van der Waals surface area contributed by atoms with Gasteiger partial charge in [-0.15, -0.1) is 0 Å². The molecule has 0 N–H and O–H groups in total. The molecular weight excluding hydrogens is 258 g/mol. The Bertz CT molecular complexity index is 434. The van der Waals surface area contributed by atoms with Crippen molar-refractivity contribution in [2.45, 2.75) is 71.1 Å². The van der Waals surface area contributed by atoms with Gasteiger partial charge in [-0.2, -0.15) is 5.26 Å². The van der Waals surface area contributed by atoms with Crippen LogP contribution in [0.1, 0.15) is 75.8 Å². The van der Waals surface area contributed by atoms with Crippen molar-refractivity contribution in [2.24, 2.45) is 0 Å². The van der Waals surface area contributed by atoms with Gasteiger partial charge in [-0.3, -0.25) is 0 Å². The van der Waals surface area contributed by atoms with Crippen molar-refractivity contribution >= 4 is 0 Å². The van der Waals surface area contributed by atoms with Gasteiger partial charge in [0.05, 0.1) is 18.7 Å². The number of nitrogens with zero attached hydrogens (tertiary/aromatic N) is 1. The Morgan fingerprint density at radius 2 is 1.52 bits per heavy atom. The molecule has 116 valence electrons. The van der Waals surface area contributed by atoms with Gasteiger partial charge in [0.15, 0.2) is 0 Å². The molecule has 2 heteroatoms. The van der Waals surface area contributed by atoms with Crippen LogP contribution in [0.2, 0.25) is 0 Å². The molecule has 1 aromatic rings. The van der Waals surface area contributed by atoms with Crippen LogP contribution < -0.4 is 4.74 Å². The highest BCUT2D eigenvalue weighted by Gasteiger charge is 2.01. The molecular formula is C19H29NO. The van der Waals surface area contributed by atoms with Crippen LogP contribution in [-0.4, -0.2) is 7.11 Å². The highest BCUT2D eigenvalue weighted by molar-refractivity contribution is 5.40. The average molecular weight is 287 g/mol. The van der Waals surface area contributed by atoms with Crippen LogP contribution in [0.25, 0.3) is 0 Å². The molecule has 21 heavy (non-hydrogen) atoms. The fraction of sp³-hybridized carbons (Fsp3) is 0.632. The molecule has 0 spiro atoms. The molecule has 0 aliphatic rings. The van der Waals surface area contributed by atoms with E-state index in [0.717, 1.165) is 12.2 Å². The van der Waals surface area contributed by atoms with E-state index < -0.39 is 0 Å². The summed E-state index contributed by atoms with van der Waals surface area (Å²) in [5.74, 6) is 0.792. The molecule has 0 aliphatic carbocycles. The van der Waals surface area contributed by atoms with Gasteiger partial charge in [0.1, 0.15) is 5.75 Å². The Morgan fingerprint density at radius 3 is 2.10 bits per heavy atom. The fourth-order valence-electron chi connectivity index (χ4n) is 2.63. The van der Waals surface area contributed by atoms with Crippen LogP contribution >= 0.6 is 0 Å². The van der Waals surface area contributed by atoms with Crippen molar-refractivity contribution in [1.82, 2.24) is 0 Å². The summed E-state index contributed by atoms with van der Waals surface area (Å²) in [6.07, 6.45) is 13.1. The van der Waals surface area contributed by atoms with Crippen LogP contribution in [0.3, 0.4) is 0 Å². The van der Waals surface area contributed by atoms with Gasteiger partial charge in [0, 0.05) is 0 Å². The lowest BCUT2D eigenvalue weighted by molar-refractivity contribution is 0.414. The van der Waals surface area contributed by atoms with E-state index in [0.29, 0.717) is 5.56 Å². The van der Waals surface area contributed by atoms with E-state index in [1.54, 1.807) is 13.2 Å². The summed E-state index contributed by atoms with van der Waals surface area (Å²) in [6, 6.07) is 8.02. The Labute approximate surface area is 130 Å². The normalized spacial score (nSPS) is 10.3. The van der Waals surface area contributed by atoms with Gasteiger partial charge < -0.3 is 4.74 Å². The largest absolute Gasteiger partial charge is 0.497 e. The van der Waals surface area contributed by atoms with E-state index >= 15 is 0 Å². The molecule has 0 atom stereocenters. The van der Waals surface area contributed by atoms with Gasteiger partial charge in [-0.25, -0.2) is 0 Å². The second kappa shape index (κ2) is 11.2. The minimum Gasteiger partial charge on any atom is -0.497 e. The molecule has 0 heterocycles. The van der Waals surface area contributed by atoms with Gasteiger partial charge in [0.25, 0.3) is 0 Å². The first-order chi connectivity index (χ1) is 10.3. The quantitative estimate of drug-likeness (QED) is 0.493. The first-order valence-corrected chi connectivity index (χ1v) is 8.38. The molecule has 0 saturated heterocycles. The minimum absolute atomic E-state index is 0.695. The monoisotopic (exact) mass is 287 g/mol. The highest BCUT2D eigenvalue weighted by atomic mass is 16.5. The lowest BCUT2D eigenvalue weighted by Gasteiger charge is -2.06. The zero-order chi connectivity index (χ0) is 15.3. The molecule has 0 fully saturated rings. The lowest BCUT2D eigenvalue weighted by Crippen LogP contribution is -1.91. The number of hydrogen-bond acceptors (Lipinski definition) is 2. The van der Waals surface area contributed by atoms with Crippen molar-refractivity contribution in [3.8, 4) is 11.8 Å². The first-order valence-electron chi connectivity index (χ1n) is 8.38. The summed E-state index contributed by atoms with van der Waals surface area (Å²) < 4.78 is 5.24. The standard InChI is InChI=1S/C19H29NO/c1-3-4-5-6-7-8-9-10-11-12-17-13-18(16-20)15-19(14-17)21-2/h13-15H,3-12H2,1-2H3. The fourth-order valence-corrected chi connectivity index (χ4v) is 2.63. The summed E-state index contributed by atoms with van der Waals surface area (Å²) in [5.41, 5.74) is 1.91. The SMILES string of the molecule is CCCCCCCCCCCc1cc(C#N)cc(OC)c1. The van der Waals surface area contributed by atoms with Gasteiger partial charge in [0.2, 0.25) is 0 Å². The number of hydrogen-bond donors (Lipinski definition) is 0. The minimum atomic E-state index is 0.695. The van der Waals surface area contributed by atoms with Crippen molar-refractivity contribution in [2.75, 3.05) is 7.11 Å². The molecule has 0 aliphatic heterocycles. The molecule has 2 nitrogen and oxygen atoms in total. The van der Waals surface area contributed by atoms with Crippen LogP contribution in [-0.2, 0) is 6.42 Å².